The summed E-state index contributed by atoms with van der Waals surface area (Å²) in [6.45, 7) is 4.44. The fourth-order valence-electron chi connectivity index (χ4n) is 4.90. The van der Waals surface area contributed by atoms with Crippen molar-refractivity contribution in [3.05, 3.63) is 94.9 Å². The van der Waals surface area contributed by atoms with Crippen LogP contribution in [-0.2, 0) is 25.7 Å². The van der Waals surface area contributed by atoms with Crippen molar-refractivity contribution in [3.8, 4) is 0 Å². The number of nitrogens with zero attached hydrogens (tertiary/aromatic N) is 2. The fraction of sp³-hybridized carbons (Fsp3) is 0.387. The number of hydrogen-bond donors (Lipinski definition) is 1. The van der Waals surface area contributed by atoms with Crippen molar-refractivity contribution < 1.29 is 33.4 Å². The number of carbonyl (C=O) groups excluding carboxylic acids is 2. The number of likely N-dealkylation sites (tertiary alicyclic amines) is 1. The van der Waals surface area contributed by atoms with Crippen LogP contribution in [0.3, 0.4) is 0 Å². The first kappa shape index (κ1) is 29.0. The first-order valence-corrected chi connectivity index (χ1v) is 13.4. The van der Waals surface area contributed by atoms with Gasteiger partial charge in [0.2, 0.25) is 0 Å². The third-order valence-electron chi connectivity index (χ3n) is 7.03. The van der Waals surface area contributed by atoms with Gasteiger partial charge in [-0.15, -0.1) is 0 Å². The van der Waals surface area contributed by atoms with Gasteiger partial charge in [0.25, 0.3) is 5.91 Å². The lowest BCUT2D eigenvalue weighted by Gasteiger charge is -2.44. The molecule has 1 amide bonds. The number of ether oxygens (including phenoxy) is 2. The van der Waals surface area contributed by atoms with Gasteiger partial charge in [0.15, 0.2) is 0 Å². The van der Waals surface area contributed by atoms with Crippen LogP contribution < -0.4 is 0 Å². The zero-order valence-electron chi connectivity index (χ0n) is 23.1. The Bertz CT molecular complexity index is 1260. The first-order valence-electron chi connectivity index (χ1n) is 13.4. The minimum atomic E-state index is -0.844. The molecule has 1 fully saturated rings. The van der Waals surface area contributed by atoms with Crippen molar-refractivity contribution >= 4 is 18.1 Å². The number of aliphatic hydroxyl groups is 1. The maximum absolute atomic E-state index is 13.8. The lowest BCUT2D eigenvalue weighted by Crippen LogP contribution is -2.52. The van der Waals surface area contributed by atoms with E-state index in [0.29, 0.717) is 23.3 Å². The Labute approximate surface area is 234 Å². The van der Waals surface area contributed by atoms with Gasteiger partial charge >= 0.3 is 5.97 Å². The molecule has 4 unspecified atom stereocenters. The molecule has 2 aromatic carbocycles. The predicted molar refractivity (Wildman–Crippen MR) is 149 cm³/mol. The normalized spacial score (nSPS) is 19.9. The summed E-state index contributed by atoms with van der Waals surface area (Å²) in [7, 11) is 1.35. The Hall–Kier alpha value is -3.95. The van der Waals surface area contributed by atoms with Crippen LogP contribution in [0.15, 0.2) is 76.5 Å². The molecule has 1 aliphatic rings. The highest BCUT2D eigenvalue weighted by Gasteiger charge is 2.43. The second-order valence-electron chi connectivity index (χ2n) is 10.1. The van der Waals surface area contributed by atoms with Crippen LogP contribution >= 0.6 is 0 Å². The first-order chi connectivity index (χ1) is 19.4. The molecular weight excluding hydrogens is 512 g/mol. The van der Waals surface area contributed by atoms with Gasteiger partial charge in [0.1, 0.15) is 31.1 Å². The van der Waals surface area contributed by atoms with Gasteiger partial charge in [0.05, 0.1) is 32.2 Å². The molecule has 3 aromatic rings. The molecule has 4 rings (SSSR count). The Morgan fingerprint density at radius 1 is 1.10 bits per heavy atom. The smallest absolute Gasteiger partial charge is 0.328 e. The number of methoxy groups -OCH3 is 1. The van der Waals surface area contributed by atoms with Crippen molar-refractivity contribution in [2.75, 3.05) is 20.3 Å². The minimum absolute atomic E-state index is 0.0340. The lowest BCUT2D eigenvalue weighted by molar-refractivity contribution is -0.149. The third-order valence-corrected chi connectivity index (χ3v) is 7.03. The van der Waals surface area contributed by atoms with Crippen LogP contribution in [0.25, 0.3) is 0 Å². The molecule has 0 saturated carbocycles. The second-order valence-corrected chi connectivity index (χ2v) is 10.1. The summed E-state index contributed by atoms with van der Waals surface area (Å²) < 4.78 is 15.6. The minimum Gasteiger partial charge on any atom is -0.467 e. The number of amides is 1. The number of piperidine rings is 1. The molecule has 1 aromatic heterocycles. The highest BCUT2D eigenvalue weighted by Crippen LogP contribution is 2.40. The lowest BCUT2D eigenvalue weighted by atomic mass is 9.82. The van der Waals surface area contributed by atoms with E-state index >= 15 is 0 Å². The summed E-state index contributed by atoms with van der Waals surface area (Å²) in [6.07, 6.45) is 3.57. The van der Waals surface area contributed by atoms with E-state index in [4.69, 9.17) is 18.7 Å². The number of aryl methyl sites for hydroxylation is 1. The van der Waals surface area contributed by atoms with Crippen molar-refractivity contribution in [2.24, 2.45) is 11.1 Å². The molecule has 40 heavy (non-hydrogen) atoms. The quantitative estimate of drug-likeness (QED) is 0.211. The number of aliphatic hydroxyl groups excluding tert-OH is 1. The van der Waals surface area contributed by atoms with E-state index in [0.717, 1.165) is 17.5 Å². The summed E-state index contributed by atoms with van der Waals surface area (Å²) in [5.74, 6) is 0.202. The van der Waals surface area contributed by atoms with Crippen molar-refractivity contribution in [1.82, 2.24) is 4.90 Å². The van der Waals surface area contributed by atoms with Gasteiger partial charge in [0, 0.05) is 5.56 Å². The van der Waals surface area contributed by atoms with E-state index in [2.05, 4.69) is 12.1 Å². The number of oxime groups is 1. The van der Waals surface area contributed by atoms with Crippen LogP contribution in [-0.4, -0.2) is 60.6 Å². The number of esters is 1. The van der Waals surface area contributed by atoms with Gasteiger partial charge in [-0.2, -0.15) is 0 Å². The van der Waals surface area contributed by atoms with Crippen LogP contribution in [0, 0.1) is 12.8 Å². The SMILES string of the molecule is COC(=O)C1CCC(C)C(c2ccc(C)cc2)N1C(=O)c1ccc(C=NOCC(O)COCc2ccco2)cc1. The van der Waals surface area contributed by atoms with E-state index in [-0.39, 0.29) is 37.7 Å². The molecule has 1 aliphatic heterocycles. The van der Waals surface area contributed by atoms with Crippen molar-refractivity contribution in [1.29, 1.82) is 0 Å². The van der Waals surface area contributed by atoms with E-state index < -0.39 is 18.1 Å². The molecule has 0 spiro atoms. The van der Waals surface area contributed by atoms with Gasteiger partial charge in [-0.3, -0.25) is 4.79 Å². The Balaban J connectivity index is 1.39. The van der Waals surface area contributed by atoms with E-state index in [1.807, 2.05) is 31.2 Å². The van der Waals surface area contributed by atoms with Gasteiger partial charge in [-0.05, 0) is 61.1 Å². The predicted octanol–water partition coefficient (Wildman–Crippen LogP) is 4.67. The van der Waals surface area contributed by atoms with Crippen molar-refractivity contribution in [2.45, 2.75) is 51.5 Å². The second kappa shape index (κ2) is 13.9. The van der Waals surface area contributed by atoms with Crippen LogP contribution in [0.4, 0.5) is 0 Å². The number of benzene rings is 2. The topological polar surface area (TPSA) is 111 Å². The molecule has 0 radical (unpaired) electrons. The number of carbonyl (C=O) groups is 2. The summed E-state index contributed by atoms with van der Waals surface area (Å²) in [6, 6.07) is 17.7. The Morgan fingerprint density at radius 2 is 1.85 bits per heavy atom. The van der Waals surface area contributed by atoms with E-state index in [1.165, 1.54) is 13.3 Å². The molecule has 0 aliphatic carbocycles. The molecule has 0 bridgehead atoms. The number of rotatable bonds is 11. The molecule has 1 saturated heterocycles. The maximum atomic E-state index is 13.8. The number of furan rings is 1. The highest BCUT2D eigenvalue weighted by atomic mass is 16.6. The summed E-state index contributed by atoms with van der Waals surface area (Å²) in [5.41, 5.74) is 3.30. The molecule has 9 nitrogen and oxygen atoms in total. The van der Waals surface area contributed by atoms with Crippen molar-refractivity contribution in [3.63, 3.8) is 0 Å². The molecular formula is C31H36N2O7. The largest absolute Gasteiger partial charge is 0.467 e. The Kier molecular flexibility index (Phi) is 10.1. The van der Waals surface area contributed by atoms with Crippen LogP contribution in [0.1, 0.15) is 58.6 Å². The number of hydrogen-bond acceptors (Lipinski definition) is 8. The molecule has 4 atom stereocenters. The summed E-state index contributed by atoms with van der Waals surface area (Å²) in [4.78, 5) is 33.5. The van der Waals surface area contributed by atoms with Gasteiger partial charge < -0.3 is 28.7 Å². The molecule has 2 heterocycles. The van der Waals surface area contributed by atoms with Crippen LogP contribution in [0.5, 0.6) is 0 Å². The van der Waals surface area contributed by atoms with Crippen LogP contribution in [0.2, 0.25) is 0 Å². The zero-order chi connectivity index (χ0) is 28.5. The zero-order valence-corrected chi connectivity index (χ0v) is 23.1. The summed E-state index contributed by atoms with van der Waals surface area (Å²) >= 11 is 0. The van der Waals surface area contributed by atoms with E-state index in [9.17, 15) is 14.7 Å². The van der Waals surface area contributed by atoms with Gasteiger partial charge in [-0.25, -0.2) is 4.79 Å². The van der Waals surface area contributed by atoms with Gasteiger partial charge in [-0.1, -0.05) is 54.0 Å². The molecule has 212 valence electrons. The average Bonchev–Trinajstić information content (AvgIpc) is 3.49. The molecule has 9 heteroatoms. The third kappa shape index (κ3) is 7.37. The fourth-order valence-corrected chi connectivity index (χ4v) is 4.90. The average molecular weight is 549 g/mol. The maximum Gasteiger partial charge on any atom is 0.328 e. The van der Waals surface area contributed by atoms with E-state index in [1.54, 1.807) is 47.6 Å². The highest BCUT2D eigenvalue weighted by molar-refractivity contribution is 5.98. The summed E-state index contributed by atoms with van der Waals surface area (Å²) in [5, 5.41) is 13.9. The monoisotopic (exact) mass is 548 g/mol. The standard InChI is InChI=1S/C31H36N2O7/c1-21-6-11-24(12-7-21)29-22(2)8-15-28(31(36)37-3)33(29)30(35)25-13-9-23(10-14-25)17-32-40-19-26(34)18-38-20-27-5-4-16-39-27/h4-7,9-14,16-17,22,26,28-29,34H,8,15,18-20H2,1-3H3. The Morgan fingerprint density at radius 3 is 2.52 bits per heavy atom. The molecule has 1 N–H and O–H groups in total.